The Morgan fingerprint density at radius 3 is 2.72 bits per heavy atom. The third kappa shape index (κ3) is 6.00. The molecule has 0 aliphatic carbocycles. The van der Waals surface area contributed by atoms with Crippen LogP contribution in [0, 0.1) is 0 Å². The van der Waals surface area contributed by atoms with Crippen LogP contribution in [0.15, 0.2) is 24.3 Å². The van der Waals surface area contributed by atoms with Crippen LogP contribution < -0.4 is 15.8 Å². The van der Waals surface area contributed by atoms with Gasteiger partial charge in [-0.25, -0.2) is 0 Å². The second-order valence-corrected chi connectivity index (χ2v) is 4.14. The molecule has 18 heavy (non-hydrogen) atoms. The molecule has 0 aliphatic heterocycles. The van der Waals surface area contributed by atoms with E-state index in [9.17, 15) is 0 Å². The minimum atomic E-state index is 0.617. The molecule has 1 aromatic carbocycles. The Hall–Kier alpha value is -1.10. The molecule has 0 aromatic heterocycles. The summed E-state index contributed by atoms with van der Waals surface area (Å²) in [5, 5.41) is 2.22. The maximum atomic E-state index is 5.71. The molecule has 102 valence electrons. The third-order valence-electron chi connectivity index (χ3n) is 2.71. The molecule has 0 amide bonds. The monoisotopic (exact) mass is 254 g/mol. The van der Waals surface area contributed by atoms with Gasteiger partial charge in [-0.15, -0.1) is 0 Å². The predicted molar refractivity (Wildman–Crippen MR) is 71.5 cm³/mol. The molecule has 0 unspecified atom stereocenters. The van der Waals surface area contributed by atoms with Crippen molar-refractivity contribution in [3.8, 4) is 5.75 Å². The Kier molecular flexibility index (Phi) is 8.21. The lowest BCUT2D eigenvalue weighted by molar-refractivity contribution is -0.671. The van der Waals surface area contributed by atoms with E-state index in [4.69, 9.17) is 9.47 Å². The number of para-hydroxylation sites is 1. The van der Waals surface area contributed by atoms with E-state index in [1.807, 2.05) is 18.2 Å². The molecule has 0 fully saturated rings. The second kappa shape index (κ2) is 9.88. The maximum absolute atomic E-state index is 5.71. The number of aryl methyl sites for hydroxylation is 1. The first-order chi connectivity index (χ1) is 8.88. The molecule has 4 nitrogen and oxygen atoms in total. The van der Waals surface area contributed by atoms with E-state index in [1.165, 1.54) is 5.56 Å². The van der Waals surface area contributed by atoms with Crippen LogP contribution in [0.25, 0.3) is 0 Å². The van der Waals surface area contributed by atoms with Crippen molar-refractivity contribution in [1.29, 1.82) is 0 Å². The first kappa shape index (κ1) is 15.0. The van der Waals surface area contributed by atoms with Crippen LogP contribution >= 0.6 is 0 Å². The van der Waals surface area contributed by atoms with Crippen molar-refractivity contribution in [2.24, 2.45) is 0 Å². The average molecular weight is 254 g/mol. The van der Waals surface area contributed by atoms with Gasteiger partial charge in [-0.3, -0.25) is 0 Å². The van der Waals surface area contributed by atoms with Gasteiger partial charge in [0.05, 0.1) is 19.8 Å². The molecule has 0 saturated heterocycles. The summed E-state index contributed by atoms with van der Waals surface area (Å²) < 4.78 is 11.2. The van der Waals surface area contributed by atoms with Gasteiger partial charge in [0.25, 0.3) is 0 Å². The molecule has 1 aromatic rings. The Labute approximate surface area is 109 Å². The SMILES string of the molecule is CCc1ccccc1OCCOCC[NH2+]CC[NH3+]. The largest absolute Gasteiger partial charge is 0.491 e. The summed E-state index contributed by atoms with van der Waals surface area (Å²) in [5.41, 5.74) is 5.04. The molecular formula is C14H26N2O2+2. The van der Waals surface area contributed by atoms with E-state index in [0.717, 1.165) is 38.4 Å². The average Bonchev–Trinajstić information content (AvgIpc) is 2.42. The van der Waals surface area contributed by atoms with Crippen LogP contribution in [0.1, 0.15) is 12.5 Å². The van der Waals surface area contributed by atoms with Crippen LogP contribution in [0.3, 0.4) is 0 Å². The van der Waals surface area contributed by atoms with Gasteiger partial charge < -0.3 is 20.5 Å². The number of quaternary nitrogens is 2. The number of rotatable bonds is 10. The highest BCUT2D eigenvalue weighted by Gasteiger charge is 2.00. The van der Waals surface area contributed by atoms with Gasteiger partial charge in [0, 0.05) is 0 Å². The lowest BCUT2D eigenvalue weighted by atomic mass is 10.1. The van der Waals surface area contributed by atoms with Crippen molar-refractivity contribution >= 4 is 0 Å². The van der Waals surface area contributed by atoms with E-state index in [1.54, 1.807) is 0 Å². The van der Waals surface area contributed by atoms with Gasteiger partial charge in [0.2, 0.25) is 0 Å². The fourth-order valence-electron chi connectivity index (χ4n) is 1.70. The number of benzene rings is 1. The van der Waals surface area contributed by atoms with E-state index in [-0.39, 0.29) is 0 Å². The highest BCUT2D eigenvalue weighted by molar-refractivity contribution is 5.33. The quantitative estimate of drug-likeness (QED) is 0.550. The van der Waals surface area contributed by atoms with Gasteiger partial charge in [0.15, 0.2) is 0 Å². The van der Waals surface area contributed by atoms with Crippen LogP contribution in [0.4, 0.5) is 0 Å². The summed E-state index contributed by atoms with van der Waals surface area (Å²) in [6, 6.07) is 8.16. The Morgan fingerprint density at radius 2 is 1.94 bits per heavy atom. The summed E-state index contributed by atoms with van der Waals surface area (Å²) in [5.74, 6) is 0.979. The van der Waals surface area contributed by atoms with Crippen LogP contribution in [0.5, 0.6) is 5.75 Å². The zero-order valence-corrected chi connectivity index (χ0v) is 11.4. The molecule has 0 atom stereocenters. The highest BCUT2D eigenvalue weighted by atomic mass is 16.5. The second-order valence-electron chi connectivity index (χ2n) is 4.14. The zero-order chi connectivity index (χ0) is 13.1. The lowest BCUT2D eigenvalue weighted by Gasteiger charge is -2.10. The first-order valence-electron chi connectivity index (χ1n) is 6.77. The van der Waals surface area contributed by atoms with E-state index in [2.05, 4.69) is 24.0 Å². The van der Waals surface area contributed by atoms with E-state index < -0.39 is 0 Å². The summed E-state index contributed by atoms with van der Waals surface area (Å²) in [6.07, 6.45) is 0.997. The number of hydrogen-bond donors (Lipinski definition) is 2. The smallest absolute Gasteiger partial charge is 0.125 e. The summed E-state index contributed by atoms with van der Waals surface area (Å²) in [4.78, 5) is 0. The molecular weight excluding hydrogens is 228 g/mol. The predicted octanol–water partition coefficient (Wildman–Crippen LogP) is -0.550. The van der Waals surface area contributed by atoms with Crippen molar-refractivity contribution in [2.45, 2.75) is 13.3 Å². The highest BCUT2D eigenvalue weighted by Crippen LogP contribution is 2.17. The Morgan fingerprint density at radius 1 is 1.11 bits per heavy atom. The lowest BCUT2D eigenvalue weighted by Crippen LogP contribution is -2.88. The summed E-state index contributed by atoms with van der Waals surface area (Å²) in [6.45, 7) is 7.22. The van der Waals surface area contributed by atoms with Gasteiger partial charge >= 0.3 is 0 Å². The molecule has 0 radical (unpaired) electrons. The topological polar surface area (TPSA) is 62.7 Å². The third-order valence-corrected chi connectivity index (χ3v) is 2.71. The molecule has 0 bridgehead atoms. The van der Waals surface area contributed by atoms with Crippen LogP contribution in [-0.2, 0) is 11.2 Å². The maximum Gasteiger partial charge on any atom is 0.125 e. The molecule has 0 saturated carbocycles. The Balaban J connectivity index is 2.07. The first-order valence-corrected chi connectivity index (χ1v) is 6.77. The normalized spacial score (nSPS) is 10.6. The summed E-state index contributed by atoms with van der Waals surface area (Å²) >= 11 is 0. The van der Waals surface area contributed by atoms with E-state index in [0.29, 0.717) is 13.2 Å². The standard InChI is InChI=1S/C14H24N2O2/c1-2-13-5-3-4-6-14(13)18-12-11-17-10-9-16-8-7-15/h3-6,16H,2,7-12,15H2,1H3/p+2. The molecule has 5 N–H and O–H groups in total. The molecule has 4 heteroatoms. The van der Waals surface area contributed by atoms with Crippen molar-refractivity contribution in [3.05, 3.63) is 29.8 Å². The zero-order valence-electron chi connectivity index (χ0n) is 11.4. The summed E-state index contributed by atoms with van der Waals surface area (Å²) in [7, 11) is 0. The van der Waals surface area contributed by atoms with Crippen LogP contribution in [0.2, 0.25) is 0 Å². The Bertz CT molecular complexity index is 318. The van der Waals surface area contributed by atoms with Crippen molar-refractivity contribution in [1.82, 2.24) is 0 Å². The van der Waals surface area contributed by atoms with Gasteiger partial charge in [-0.1, -0.05) is 25.1 Å². The van der Waals surface area contributed by atoms with Gasteiger partial charge in [-0.05, 0) is 18.1 Å². The van der Waals surface area contributed by atoms with Crippen molar-refractivity contribution in [2.75, 3.05) is 39.5 Å². The van der Waals surface area contributed by atoms with E-state index >= 15 is 0 Å². The number of nitrogens with two attached hydrogens (primary N) is 1. The minimum Gasteiger partial charge on any atom is -0.491 e. The number of hydrogen-bond acceptors (Lipinski definition) is 2. The molecule has 0 spiro atoms. The fourth-order valence-corrected chi connectivity index (χ4v) is 1.70. The van der Waals surface area contributed by atoms with Gasteiger partial charge in [-0.2, -0.15) is 0 Å². The molecule has 0 heterocycles. The molecule has 0 aliphatic rings. The van der Waals surface area contributed by atoms with Crippen LogP contribution in [-0.4, -0.2) is 39.5 Å². The van der Waals surface area contributed by atoms with Crippen molar-refractivity contribution < 1.29 is 20.5 Å². The molecule has 1 rings (SSSR count). The van der Waals surface area contributed by atoms with Crippen molar-refractivity contribution in [3.63, 3.8) is 0 Å². The van der Waals surface area contributed by atoms with Gasteiger partial charge in [0.1, 0.15) is 25.4 Å². The minimum absolute atomic E-state index is 0.617. The number of ether oxygens (including phenoxy) is 2. The fraction of sp³-hybridized carbons (Fsp3) is 0.571.